The first-order valence-electron chi connectivity index (χ1n) is 8.02. The molecule has 0 unspecified atom stereocenters. The number of para-hydroxylation sites is 1. The molecule has 0 aliphatic heterocycles. The molecule has 3 rings (SSSR count). The Kier molecular flexibility index (Phi) is 4.51. The summed E-state index contributed by atoms with van der Waals surface area (Å²) in [5.41, 5.74) is 2.88. The maximum atomic E-state index is 5.42. The van der Waals surface area contributed by atoms with Gasteiger partial charge in [0.25, 0.3) is 0 Å². The van der Waals surface area contributed by atoms with E-state index in [0.717, 1.165) is 33.7 Å². The third kappa shape index (κ3) is 3.40. The normalized spacial score (nSPS) is 10.9. The van der Waals surface area contributed by atoms with Crippen LogP contribution in [-0.4, -0.2) is 23.1 Å². The van der Waals surface area contributed by atoms with E-state index in [-0.39, 0.29) is 6.04 Å². The molecule has 0 bridgehead atoms. The summed E-state index contributed by atoms with van der Waals surface area (Å²) in [5, 5.41) is 7.68. The molecule has 0 saturated carbocycles. The van der Waals surface area contributed by atoms with Gasteiger partial charge in [0.05, 0.1) is 18.3 Å². The van der Waals surface area contributed by atoms with Crippen molar-refractivity contribution in [2.75, 3.05) is 17.7 Å². The van der Waals surface area contributed by atoms with Crippen LogP contribution in [0.15, 0.2) is 42.5 Å². The van der Waals surface area contributed by atoms with Crippen LogP contribution in [0.3, 0.4) is 0 Å². The first-order valence-corrected chi connectivity index (χ1v) is 8.02. The zero-order valence-corrected chi connectivity index (χ0v) is 14.4. The fraction of sp³-hybridized carbons (Fsp3) is 0.263. The Hall–Kier alpha value is -2.82. The molecule has 3 aromatic rings. The van der Waals surface area contributed by atoms with Gasteiger partial charge < -0.3 is 15.4 Å². The van der Waals surface area contributed by atoms with Crippen molar-refractivity contribution in [2.45, 2.75) is 26.8 Å². The number of aromatic nitrogens is 2. The molecule has 0 fully saturated rings. The second-order valence-corrected chi connectivity index (χ2v) is 6.04. The highest BCUT2D eigenvalue weighted by Crippen LogP contribution is 2.29. The Morgan fingerprint density at radius 3 is 2.58 bits per heavy atom. The van der Waals surface area contributed by atoms with Gasteiger partial charge in [0.1, 0.15) is 11.6 Å². The highest BCUT2D eigenvalue weighted by Gasteiger charge is 2.10. The summed E-state index contributed by atoms with van der Waals surface area (Å²) < 4.78 is 5.42. The Morgan fingerprint density at radius 2 is 1.83 bits per heavy atom. The summed E-state index contributed by atoms with van der Waals surface area (Å²) in [6.45, 7) is 6.22. The molecule has 0 amide bonds. The van der Waals surface area contributed by atoms with Crippen LogP contribution >= 0.6 is 0 Å². The smallest absolute Gasteiger partial charge is 0.229 e. The van der Waals surface area contributed by atoms with Crippen LogP contribution in [0, 0.1) is 6.92 Å². The first kappa shape index (κ1) is 16.1. The Morgan fingerprint density at radius 1 is 1.04 bits per heavy atom. The summed E-state index contributed by atoms with van der Waals surface area (Å²) in [4.78, 5) is 9.28. The SMILES string of the molecule is COc1ccc(C)cc1Nc1nc(NC(C)C)c2ccccc2n1. The number of ether oxygens (including phenoxy) is 1. The molecule has 0 aliphatic carbocycles. The van der Waals surface area contributed by atoms with E-state index in [1.165, 1.54) is 0 Å². The molecule has 0 spiro atoms. The number of hydrogen-bond acceptors (Lipinski definition) is 5. The Bertz CT molecular complexity index is 861. The maximum absolute atomic E-state index is 5.42. The maximum Gasteiger partial charge on any atom is 0.229 e. The van der Waals surface area contributed by atoms with Crippen molar-refractivity contribution in [3.8, 4) is 5.75 Å². The molecular weight excluding hydrogens is 300 g/mol. The fourth-order valence-corrected chi connectivity index (χ4v) is 2.56. The highest BCUT2D eigenvalue weighted by molar-refractivity contribution is 5.90. The largest absolute Gasteiger partial charge is 0.495 e. The quantitative estimate of drug-likeness (QED) is 0.723. The van der Waals surface area contributed by atoms with Crippen molar-refractivity contribution in [1.82, 2.24) is 9.97 Å². The number of anilines is 3. The van der Waals surface area contributed by atoms with Crippen molar-refractivity contribution in [1.29, 1.82) is 0 Å². The molecule has 0 radical (unpaired) electrons. The van der Waals surface area contributed by atoms with Crippen LogP contribution in [0.25, 0.3) is 10.9 Å². The third-order valence-electron chi connectivity index (χ3n) is 3.63. The van der Waals surface area contributed by atoms with Gasteiger partial charge in [-0.3, -0.25) is 0 Å². The topological polar surface area (TPSA) is 59.1 Å². The second kappa shape index (κ2) is 6.74. The molecule has 0 saturated heterocycles. The zero-order chi connectivity index (χ0) is 17.1. The number of aryl methyl sites for hydroxylation is 1. The van der Waals surface area contributed by atoms with Crippen LogP contribution in [0.1, 0.15) is 19.4 Å². The van der Waals surface area contributed by atoms with E-state index >= 15 is 0 Å². The van der Waals surface area contributed by atoms with Gasteiger partial charge in [-0.15, -0.1) is 0 Å². The summed E-state index contributed by atoms with van der Waals surface area (Å²) in [6, 6.07) is 14.2. The molecular formula is C19H22N4O. The average Bonchev–Trinajstić information content (AvgIpc) is 2.54. The summed E-state index contributed by atoms with van der Waals surface area (Å²) in [5.74, 6) is 2.13. The predicted octanol–water partition coefficient (Wildman–Crippen LogP) is 4.51. The molecule has 2 aromatic carbocycles. The van der Waals surface area contributed by atoms with E-state index in [9.17, 15) is 0 Å². The minimum atomic E-state index is 0.282. The molecule has 124 valence electrons. The molecule has 2 N–H and O–H groups in total. The van der Waals surface area contributed by atoms with Crippen LogP contribution in [0.4, 0.5) is 17.5 Å². The summed E-state index contributed by atoms with van der Waals surface area (Å²) in [6.07, 6.45) is 0. The van der Waals surface area contributed by atoms with Gasteiger partial charge in [-0.1, -0.05) is 18.2 Å². The Balaban J connectivity index is 2.05. The van der Waals surface area contributed by atoms with Crippen LogP contribution < -0.4 is 15.4 Å². The molecule has 24 heavy (non-hydrogen) atoms. The van der Waals surface area contributed by atoms with Crippen molar-refractivity contribution in [3.05, 3.63) is 48.0 Å². The van der Waals surface area contributed by atoms with Gasteiger partial charge in [0, 0.05) is 11.4 Å². The van der Waals surface area contributed by atoms with Gasteiger partial charge in [0.2, 0.25) is 5.95 Å². The van der Waals surface area contributed by atoms with Crippen molar-refractivity contribution < 1.29 is 4.74 Å². The van der Waals surface area contributed by atoms with Crippen molar-refractivity contribution >= 4 is 28.4 Å². The number of nitrogens with one attached hydrogen (secondary N) is 2. The molecule has 5 nitrogen and oxygen atoms in total. The monoisotopic (exact) mass is 322 g/mol. The number of benzene rings is 2. The molecule has 1 aromatic heterocycles. The summed E-state index contributed by atoms with van der Waals surface area (Å²) >= 11 is 0. The molecule has 0 atom stereocenters. The number of rotatable bonds is 5. The lowest BCUT2D eigenvalue weighted by Gasteiger charge is -2.15. The third-order valence-corrected chi connectivity index (χ3v) is 3.63. The summed E-state index contributed by atoms with van der Waals surface area (Å²) in [7, 11) is 1.66. The van der Waals surface area contributed by atoms with E-state index in [2.05, 4.69) is 34.4 Å². The lowest BCUT2D eigenvalue weighted by molar-refractivity contribution is 0.416. The molecule has 0 aliphatic rings. The lowest BCUT2D eigenvalue weighted by atomic mass is 10.2. The minimum absolute atomic E-state index is 0.282. The Labute approximate surface area is 142 Å². The molecule has 1 heterocycles. The van der Waals surface area contributed by atoms with E-state index < -0.39 is 0 Å². The van der Waals surface area contributed by atoms with E-state index in [1.807, 2.05) is 49.4 Å². The van der Waals surface area contributed by atoms with Gasteiger partial charge in [-0.25, -0.2) is 4.98 Å². The standard InChI is InChI=1S/C19H22N4O/c1-12(2)20-18-14-7-5-6-8-15(14)21-19(23-18)22-16-11-13(3)9-10-17(16)24-4/h5-12H,1-4H3,(H2,20,21,22,23). The van der Waals surface area contributed by atoms with Gasteiger partial charge in [0.15, 0.2) is 0 Å². The fourth-order valence-electron chi connectivity index (χ4n) is 2.56. The first-order chi connectivity index (χ1) is 11.6. The van der Waals surface area contributed by atoms with Gasteiger partial charge in [-0.05, 0) is 50.6 Å². The van der Waals surface area contributed by atoms with Crippen LogP contribution in [0.2, 0.25) is 0 Å². The van der Waals surface area contributed by atoms with Crippen LogP contribution in [0.5, 0.6) is 5.75 Å². The number of hydrogen-bond donors (Lipinski definition) is 2. The number of methoxy groups -OCH3 is 1. The molecule has 5 heteroatoms. The van der Waals surface area contributed by atoms with Crippen molar-refractivity contribution in [3.63, 3.8) is 0 Å². The van der Waals surface area contributed by atoms with Crippen LogP contribution in [-0.2, 0) is 0 Å². The number of fused-ring (bicyclic) bond motifs is 1. The minimum Gasteiger partial charge on any atom is -0.495 e. The lowest BCUT2D eigenvalue weighted by Crippen LogP contribution is -2.12. The van der Waals surface area contributed by atoms with Gasteiger partial charge in [-0.2, -0.15) is 4.98 Å². The second-order valence-electron chi connectivity index (χ2n) is 6.04. The highest BCUT2D eigenvalue weighted by atomic mass is 16.5. The zero-order valence-electron chi connectivity index (χ0n) is 14.4. The van der Waals surface area contributed by atoms with Crippen molar-refractivity contribution in [2.24, 2.45) is 0 Å². The van der Waals surface area contributed by atoms with E-state index in [0.29, 0.717) is 5.95 Å². The average molecular weight is 322 g/mol. The van der Waals surface area contributed by atoms with E-state index in [1.54, 1.807) is 7.11 Å². The van der Waals surface area contributed by atoms with Gasteiger partial charge >= 0.3 is 0 Å². The predicted molar refractivity (Wildman–Crippen MR) is 99.3 cm³/mol. The number of nitrogens with zero attached hydrogens (tertiary/aromatic N) is 2. The van der Waals surface area contributed by atoms with E-state index in [4.69, 9.17) is 4.74 Å².